The highest BCUT2D eigenvalue weighted by Crippen LogP contribution is 2.35. The summed E-state index contributed by atoms with van der Waals surface area (Å²) < 4.78 is 10.5. The molecule has 1 aromatic carbocycles. The molecule has 7 nitrogen and oxygen atoms in total. The molecule has 0 aliphatic carbocycles. The summed E-state index contributed by atoms with van der Waals surface area (Å²) in [6.45, 7) is 2.17. The number of carboxylic acids is 1. The van der Waals surface area contributed by atoms with Crippen molar-refractivity contribution in [3.63, 3.8) is 0 Å². The van der Waals surface area contributed by atoms with Crippen LogP contribution in [0.4, 0.5) is 0 Å². The van der Waals surface area contributed by atoms with Crippen LogP contribution in [0.25, 0.3) is 10.6 Å². The summed E-state index contributed by atoms with van der Waals surface area (Å²) in [4.78, 5) is 29.8. The zero-order valence-corrected chi connectivity index (χ0v) is 16.1. The molecular weight excluding hydrogens is 356 g/mol. The van der Waals surface area contributed by atoms with Crippen LogP contribution in [0.15, 0.2) is 18.2 Å². The summed E-state index contributed by atoms with van der Waals surface area (Å²) in [5.41, 5.74) is 1.48. The number of hydrogen-bond acceptors (Lipinski definition) is 6. The van der Waals surface area contributed by atoms with Gasteiger partial charge in [-0.25, -0.2) is 4.98 Å². The average Bonchev–Trinajstić information content (AvgIpc) is 3.01. The number of amides is 1. The van der Waals surface area contributed by atoms with Crippen molar-refractivity contribution in [1.29, 1.82) is 0 Å². The second-order valence-electron chi connectivity index (χ2n) is 5.73. The number of thiazole rings is 1. The Bertz CT molecular complexity index is 803. The number of rotatable bonds is 8. The second-order valence-corrected chi connectivity index (χ2v) is 6.73. The Kier molecular flexibility index (Phi) is 6.57. The first-order chi connectivity index (χ1) is 12.4. The van der Waals surface area contributed by atoms with Gasteiger partial charge in [-0.2, -0.15) is 0 Å². The smallest absolute Gasteiger partial charge is 0.303 e. The fourth-order valence-corrected chi connectivity index (χ4v) is 3.49. The molecule has 0 saturated heterocycles. The molecule has 0 unspecified atom stereocenters. The summed E-state index contributed by atoms with van der Waals surface area (Å²) in [6, 6.07) is 5.48. The zero-order chi connectivity index (χ0) is 19.3. The predicted molar refractivity (Wildman–Crippen MR) is 99.2 cm³/mol. The first-order valence-electron chi connectivity index (χ1n) is 8.04. The van der Waals surface area contributed by atoms with Gasteiger partial charge in [-0.05, 0) is 31.5 Å². The van der Waals surface area contributed by atoms with Crippen molar-refractivity contribution in [2.75, 3.05) is 27.8 Å². The topological polar surface area (TPSA) is 89.0 Å². The minimum absolute atomic E-state index is 0.0379. The largest absolute Gasteiger partial charge is 0.493 e. The third-order valence-corrected chi connectivity index (χ3v) is 5.05. The number of hydrogen-bond donors (Lipinski definition) is 1. The monoisotopic (exact) mass is 378 g/mol. The molecular formula is C18H22N2O5S. The summed E-state index contributed by atoms with van der Waals surface area (Å²) in [6.07, 6.45) is 0.453. The van der Waals surface area contributed by atoms with Crippen molar-refractivity contribution in [2.24, 2.45) is 0 Å². The van der Waals surface area contributed by atoms with Crippen LogP contribution in [-0.2, 0) is 4.79 Å². The quantitative estimate of drug-likeness (QED) is 0.759. The van der Waals surface area contributed by atoms with Crippen molar-refractivity contribution in [2.45, 2.75) is 19.8 Å². The Hall–Kier alpha value is -2.61. The number of carbonyl (C=O) groups excluding carboxylic acids is 1. The van der Waals surface area contributed by atoms with Gasteiger partial charge >= 0.3 is 5.97 Å². The van der Waals surface area contributed by atoms with Gasteiger partial charge in [-0.15, -0.1) is 11.3 Å². The second kappa shape index (κ2) is 8.66. The Morgan fingerprint density at radius 2 is 1.92 bits per heavy atom. The maximum absolute atomic E-state index is 12.6. The van der Waals surface area contributed by atoms with Gasteiger partial charge in [0.15, 0.2) is 11.5 Å². The summed E-state index contributed by atoms with van der Waals surface area (Å²) >= 11 is 1.31. The van der Waals surface area contributed by atoms with Crippen molar-refractivity contribution in [3.05, 3.63) is 28.8 Å². The van der Waals surface area contributed by atoms with E-state index in [1.54, 1.807) is 34.3 Å². The van der Waals surface area contributed by atoms with Gasteiger partial charge in [0.1, 0.15) is 9.88 Å². The van der Waals surface area contributed by atoms with E-state index in [9.17, 15) is 9.59 Å². The highest BCUT2D eigenvalue weighted by molar-refractivity contribution is 7.17. The Labute approximate surface area is 156 Å². The molecule has 1 aromatic heterocycles. The van der Waals surface area contributed by atoms with Gasteiger partial charge in [0.25, 0.3) is 5.91 Å². The molecule has 1 heterocycles. The van der Waals surface area contributed by atoms with Crippen LogP contribution < -0.4 is 9.47 Å². The van der Waals surface area contributed by atoms with E-state index in [1.165, 1.54) is 16.2 Å². The Morgan fingerprint density at radius 3 is 2.54 bits per heavy atom. The van der Waals surface area contributed by atoms with Crippen molar-refractivity contribution >= 4 is 23.2 Å². The number of aliphatic carboxylic acids is 1. The zero-order valence-electron chi connectivity index (χ0n) is 15.2. The lowest BCUT2D eigenvalue weighted by Crippen LogP contribution is -2.27. The lowest BCUT2D eigenvalue weighted by atomic mass is 10.2. The molecule has 0 radical (unpaired) electrons. The fraction of sp³-hybridized carbons (Fsp3) is 0.389. The van der Waals surface area contributed by atoms with Gasteiger partial charge < -0.3 is 19.5 Å². The van der Waals surface area contributed by atoms with E-state index in [0.717, 1.165) is 5.56 Å². The van der Waals surface area contributed by atoms with Crippen LogP contribution in [0.5, 0.6) is 11.5 Å². The molecule has 140 valence electrons. The van der Waals surface area contributed by atoms with Crippen LogP contribution in [0, 0.1) is 6.92 Å². The summed E-state index contributed by atoms with van der Waals surface area (Å²) in [5, 5.41) is 9.42. The van der Waals surface area contributed by atoms with E-state index in [4.69, 9.17) is 14.6 Å². The Balaban J connectivity index is 2.20. The number of carbonyl (C=O) groups is 2. The van der Waals surface area contributed by atoms with Crippen LogP contribution in [-0.4, -0.2) is 54.7 Å². The van der Waals surface area contributed by atoms with Crippen molar-refractivity contribution in [3.8, 4) is 22.1 Å². The minimum atomic E-state index is -0.865. The number of carboxylic acid groups (broad SMARTS) is 1. The van der Waals surface area contributed by atoms with Crippen LogP contribution >= 0.6 is 11.3 Å². The number of nitrogens with zero attached hydrogens (tertiary/aromatic N) is 2. The minimum Gasteiger partial charge on any atom is -0.493 e. The average molecular weight is 378 g/mol. The van der Waals surface area contributed by atoms with E-state index in [1.807, 2.05) is 12.1 Å². The molecule has 0 saturated carbocycles. The molecule has 0 fully saturated rings. The van der Waals surface area contributed by atoms with Crippen LogP contribution in [0.3, 0.4) is 0 Å². The molecule has 0 spiro atoms. The molecule has 1 N–H and O–H groups in total. The predicted octanol–water partition coefficient (Wildman–Crippen LogP) is 3.07. The highest BCUT2D eigenvalue weighted by atomic mass is 32.1. The first kappa shape index (κ1) is 19.7. The molecule has 2 rings (SSSR count). The summed E-state index contributed by atoms with van der Waals surface area (Å²) in [7, 11) is 4.80. The van der Waals surface area contributed by atoms with Crippen LogP contribution in [0.1, 0.15) is 28.2 Å². The van der Waals surface area contributed by atoms with E-state index < -0.39 is 5.97 Å². The number of aromatic nitrogens is 1. The molecule has 1 amide bonds. The maximum Gasteiger partial charge on any atom is 0.303 e. The molecule has 0 bridgehead atoms. The van der Waals surface area contributed by atoms with E-state index >= 15 is 0 Å². The number of benzene rings is 1. The van der Waals surface area contributed by atoms with Crippen LogP contribution in [0.2, 0.25) is 0 Å². The van der Waals surface area contributed by atoms with Crippen molar-refractivity contribution < 1.29 is 24.2 Å². The van der Waals surface area contributed by atoms with Gasteiger partial charge in [-0.1, -0.05) is 0 Å². The van der Waals surface area contributed by atoms with Gasteiger partial charge in [-0.3, -0.25) is 9.59 Å². The summed E-state index contributed by atoms with van der Waals surface area (Å²) in [5.74, 6) is 0.197. The maximum atomic E-state index is 12.6. The fourth-order valence-electron chi connectivity index (χ4n) is 2.43. The lowest BCUT2D eigenvalue weighted by Gasteiger charge is -2.15. The molecule has 0 aliphatic heterocycles. The number of ether oxygens (including phenoxy) is 2. The molecule has 8 heteroatoms. The Morgan fingerprint density at radius 1 is 1.23 bits per heavy atom. The lowest BCUT2D eigenvalue weighted by molar-refractivity contribution is -0.137. The van der Waals surface area contributed by atoms with Crippen molar-refractivity contribution in [1.82, 2.24) is 9.88 Å². The van der Waals surface area contributed by atoms with Gasteiger partial charge in [0, 0.05) is 25.6 Å². The number of aryl methyl sites for hydroxylation is 1. The van der Waals surface area contributed by atoms with Gasteiger partial charge in [0.05, 0.1) is 19.9 Å². The molecule has 2 aromatic rings. The van der Waals surface area contributed by atoms with E-state index in [-0.39, 0.29) is 12.3 Å². The number of methoxy groups -OCH3 is 2. The van der Waals surface area contributed by atoms with E-state index in [2.05, 4.69) is 4.98 Å². The SMILES string of the molecule is COc1ccc(-c2nc(C)c(C(=O)N(C)CCCC(=O)O)s2)cc1OC. The van der Waals surface area contributed by atoms with E-state index in [0.29, 0.717) is 40.0 Å². The molecule has 0 atom stereocenters. The molecule has 0 aliphatic rings. The first-order valence-corrected chi connectivity index (χ1v) is 8.86. The standard InChI is InChI=1S/C18H22N2O5S/c1-11-16(18(23)20(2)9-5-6-15(21)22)26-17(19-11)12-7-8-13(24-3)14(10-12)25-4/h7-8,10H,5-6,9H2,1-4H3,(H,21,22). The third-order valence-electron chi connectivity index (χ3n) is 3.85. The highest BCUT2D eigenvalue weighted by Gasteiger charge is 2.20. The normalized spacial score (nSPS) is 10.5. The molecule has 26 heavy (non-hydrogen) atoms. The van der Waals surface area contributed by atoms with Gasteiger partial charge in [0.2, 0.25) is 0 Å². The third kappa shape index (κ3) is 4.51.